The van der Waals surface area contributed by atoms with E-state index in [0.29, 0.717) is 30.5 Å². The van der Waals surface area contributed by atoms with Crippen molar-refractivity contribution in [1.82, 2.24) is 20.9 Å². The van der Waals surface area contributed by atoms with Crippen molar-refractivity contribution in [1.29, 1.82) is 0 Å². The molecular weight excluding hydrogens is 408 g/mol. The molecule has 2 unspecified atom stereocenters. The molecule has 2 atom stereocenters. The first kappa shape index (κ1) is 21.6. The van der Waals surface area contributed by atoms with Crippen LogP contribution in [-0.4, -0.2) is 61.0 Å². The first-order valence-electron chi connectivity index (χ1n) is 11.8. The first-order valence-corrected chi connectivity index (χ1v) is 11.8. The molecule has 1 spiro atoms. The van der Waals surface area contributed by atoms with Crippen molar-refractivity contribution >= 4 is 17.7 Å². The van der Waals surface area contributed by atoms with Crippen molar-refractivity contribution in [3.8, 4) is 0 Å². The van der Waals surface area contributed by atoms with Gasteiger partial charge in [0.15, 0.2) is 0 Å². The molecule has 8 nitrogen and oxygen atoms in total. The molecule has 0 radical (unpaired) electrons. The minimum Gasteiger partial charge on any atom is -0.376 e. The molecule has 5 rings (SSSR count). The molecular formula is C24H32N4O4. The lowest BCUT2D eigenvalue weighted by Crippen LogP contribution is -2.52. The summed E-state index contributed by atoms with van der Waals surface area (Å²) in [4.78, 5) is 38.5. The number of ether oxygens (including phenoxy) is 1. The number of fused-ring (bicyclic) bond motifs is 1. The molecule has 0 bridgehead atoms. The Bertz CT molecular complexity index is 901. The van der Waals surface area contributed by atoms with Gasteiger partial charge in [-0.15, -0.1) is 0 Å². The molecule has 1 aromatic rings. The number of rotatable bonds is 5. The Labute approximate surface area is 188 Å². The van der Waals surface area contributed by atoms with Gasteiger partial charge in [0.25, 0.3) is 5.91 Å². The summed E-state index contributed by atoms with van der Waals surface area (Å²) >= 11 is 0. The van der Waals surface area contributed by atoms with E-state index in [-0.39, 0.29) is 30.2 Å². The van der Waals surface area contributed by atoms with Gasteiger partial charge in [0.1, 0.15) is 6.04 Å². The van der Waals surface area contributed by atoms with Crippen molar-refractivity contribution in [3.05, 3.63) is 34.9 Å². The zero-order chi connectivity index (χ0) is 22.1. The lowest BCUT2D eigenvalue weighted by molar-refractivity contribution is -0.136. The Morgan fingerprint density at radius 3 is 2.72 bits per heavy atom. The maximum atomic E-state index is 13.2. The van der Waals surface area contributed by atoms with Gasteiger partial charge in [0, 0.05) is 31.6 Å². The summed E-state index contributed by atoms with van der Waals surface area (Å²) in [5, 5.41) is 9.29. The summed E-state index contributed by atoms with van der Waals surface area (Å²) in [5.41, 5.74) is 2.96. The van der Waals surface area contributed by atoms with E-state index in [1.54, 1.807) is 4.90 Å². The summed E-state index contributed by atoms with van der Waals surface area (Å²) in [7, 11) is 0. The molecule has 4 heterocycles. The third-order valence-electron chi connectivity index (χ3n) is 7.61. The van der Waals surface area contributed by atoms with Crippen molar-refractivity contribution in [2.45, 2.75) is 63.8 Å². The van der Waals surface area contributed by atoms with Crippen molar-refractivity contribution < 1.29 is 19.1 Å². The van der Waals surface area contributed by atoms with Gasteiger partial charge in [-0.05, 0) is 61.7 Å². The van der Waals surface area contributed by atoms with Crippen molar-refractivity contribution in [2.75, 3.05) is 26.2 Å². The van der Waals surface area contributed by atoms with Crippen LogP contribution in [0.15, 0.2) is 18.2 Å². The second kappa shape index (κ2) is 8.92. The highest BCUT2D eigenvalue weighted by Gasteiger charge is 2.40. The third-order valence-corrected chi connectivity index (χ3v) is 7.61. The lowest BCUT2D eigenvalue weighted by Gasteiger charge is -2.43. The average Bonchev–Trinajstić information content (AvgIpc) is 3.13. The molecule has 3 fully saturated rings. The molecule has 0 aliphatic carbocycles. The van der Waals surface area contributed by atoms with E-state index in [1.807, 2.05) is 18.2 Å². The highest BCUT2D eigenvalue weighted by atomic mass is 16.5. The van der Waals surface area contributed by atoms with Gasteiger partial charge in [0.05, 0.1) is 12.7 Å². The van der Waals surface area contributed by atoms with Gasteiger partial charge >= 0.3 is 0 Å². The number of carbonyl (C=O) groups is 3. The average molecular weight is 441 g/mol. The molecule has 3 saturated heterocycles. The topological polar surface area (TPSA) is 99.8 Å². The van der Waals surface area contributed by atoms with Gasteiger partial charge in [-0.1, -0.05) is 18.2 Å². The molecule has 4 aliphatic heterocycles. The van der Waals surface area contributed by atoms with E-state index in [0.717, 1.165) is 43.8 Å². The zero-order valence-electron chi connectivity index (χ0n) is 18.5. The van der Waals surface area contributed by atoms with E-state index in [2.05, 4.69) is 16.0 Å². The van der Waals surface area contributed by atoms with Gasteiger partial charge in [-0.25, -0.2) is 0 Å². The second-order valence-corrected chi connectivity index (χ2v) is 9.70. The fourth-order valence-corrected chi connectivity index (χ4v) is 5.63. The van der Waals surface area contributed by atoms with Crippen LogP contribution < -0.4 is 16.0 Å². The minimum atomic E-state index is -0.577. The van der Waals surface area contributed by atoms with Crippen LogP contribution in [0.25, 0.3) is 0 Å². The largest absolute Gasteiger partial charge is 0.376 e. The highest BCUT2D eigenvalue weighted by Crippen LogP contribution is 2.38. The number of nitrogens with zero attached hydrogens (tertiary/aromatic N) is 1. The summed E-state index contributed by atoms with van der Waals surface area (Å²) in [5.74, 6) is -0.756. The Morgan fingerprint density at radius 1 is 1.12 bits per heavy atom. The van der Waals surface area contributed by atoms with E-state index >= 15 is 0 Å². The van der Waals surface area contributed by atoms with Gasteiger partial charge in [-0.3, -0.25) is 19.7 Å². The molecule has 0 aromatic heterocycles. The van der Waals surface area contributed by atoms with Crippen molar-refractivity contribution in [3.63, 3.8) is 0 Å². The molecule has 172 valence electrons. The van der Waals surface area contributed by atoms with Crippen LogP contribution >= 0.6 is 0 Å². The highest BCUT2D eigenvalue weighted by molar-refractivity contribution is 6.05. The lowest BCUT2D eigenvalue weighted by atomic mass is 9.74. The van der Waals surface area contributed by atoms with Crippen LogP contribution in [0, 0.1) is 5.41 Å². The minimum absolute atomic E-state index is 0.117. The fourth-order valence-electron chi connectivity index (χ4n) is 5.63. The van der Waals surface area contributed by atoms with E-state index in [4.69, 9.17) is 4.74 Å². The second-order valence-electron chi connectivity index (χ2n) is 9.70. The Balaban J connectivity index is 1.17. The Hall–Kier alpha value is -2.29. The van der Waals surface area contributed by atoms with Crippen LogP contribution in [0.2, 0.25) is 0 Å². The fraction of sp³-hybridized carbons (Fsp3) is 0.625. The predicted molar refractivity (Wildman–Crippen MR) is 118 cm³/mol. The quantitative estimate of drug-likeness (QED) is 0.593. The normalized spacial score (nSPS) is 27.5. The SMILES string of the molecule is O=C1CCC(N2Cc3cccc(CNCC4CCC5(CCNCC5)CO4)c3C2=O)C(=O)N1. The first-order chi connectivity index (χ1) is 15.5. The number of nitrogens with one attached hydrogen (secondary N) is 3. The molecule has 1 aromatic carbocycles. The van der Waals surface area contributed by atoms with Crippen molar-refractivity contribution in [2.24, 2.45) is 5.41 Å². The number of piperidine rings is 2. The van der Waals surface area contributed by atoms with Crippen LogP contribution in [0.4, 0.5) is 0 Å². The maximum Gasteiger partial charge on any atom is 0.255 e. The monoisotopic (exact) mass is 440 g/mol. The third kappa shape index (κ3) is 4.19. The molecule has 32 heavy (non-hydrogen) atoms. The summed E-state index contributed by atoms with van der Waals surface area (Å²) in [6.45, 7) is 4.80. The molecule has 3 N–H and O–H groups in total. The summed E-state index contributed by atoms with van der Waals surface area (Å²) in [6, 6.07) is 5.32. The standard InChI is InChI=1S/C24H32N4O4/c29-20-5-4-19(22(30)27-20)28-14-17-3-1-2-16(21(17)23(28)31)12-26-13-18-6-7-24(15-32-18)8-10-25-11-9-24/h1-3,18-19,25-26H,4-15H2,(H,27,29,30). The van der Waals surface area contributed by atoms with E-state index < -0.39 is 6.04 Å². The van der Waals surface area contributed by atoms with Gasteiger partial charge in [0.2, 0.25) is 11.8 Å². The number of imide groups is 1. The van der Waals surface area contributed by atoms with Crippen LogP contribution in [0.3, 0.4) is 0 Å². The number of hydrogen-bond acceptors (Lipinski definition) is 6. The number of benzene rings is 1. The van der Waals surface area contributed by atoms with Crippen LogP contribution in [0.1, 0.15) is 60.0 Å². The Kier molecular flexibility index (Phi) is 6.01. The zero-order valence-corrected chi connectivity index (χ0v) is 18.5. The van der Waals surface area contributed by atoms with Gasteiger partial charge in [-0.2, -0.15) is 0 Å². The summed E-state index contributed by atoms with van der Waals surface area (Å²) < 4.78 is 6.20. The van der Waals surface area contributed by atoms with Crippen LogP contribution in [0.5, 0.6) is 0 Å². The predicted octanol–water partition coefficient (Wildman–Crippen LogP) is 1.09. The number of carbonyl (C=O) groups excluding carboxylic acids is 3. The molecule has 4 aliphatic rings. The molecule has 3 amide bonds. The number of hydrogen-bond donors (Lipinski definition) is 3. The van der Waals surface area contributed by atoms with E-state index in [1.165, 1.54) is 19.3 Å². The summed E-state index contributed by atoms with van der Waals surface area (Å²) in [6.07, 6.45) is 5.56. The smallest absolute Gasteiger partial charge is 0.255 e. The Morgan fingerprint density at radius 2 is 1.97 bits per heavy atom. The van der Waals surface area contributed by atoms with E-state index in [9.17, 15) is 14.4 Å². The van der Waals surface area contributed by atoms with Gasteiger partial charge < -0.3 is 20.3 Å². The number of amides is 3. The molecule has 0 saturated carbocycles. The molecule has 8 heteroatoms. The maximum absolute atomic E-state index is 13.2. The van der Waals surface area contributed by atoms with Crippen LogP contribution in [-0.2, 0) is 27.4 Å².